The fraction of sp³-hybridized carbons (Fsp3) is 0.938. The smallest absolute Gasteiger partial charge is 0.408 e. The number of carbonyl (C=O) groups is 1. The van der Waals surface area contributed by atoms with Gasteiger partial charge in [-0.2, -0.15) is 0 Å². The van der Waals surface area contributed by atoms with E-state index >= 15 is 0 Å². The van der Waals surface area contributed by atoms with E-state index in [1.807, 2.05) is 13.8 Å². The number of alkyl carbamates (subject to hydrolysis) is 1. The van der Waals surface area contributed by atoms with Gasteiger partial charge in [0, 0.05) is 32.7 Å². The third-order valence-corrected chi connectivity index (χ3v) is 3.61. The van der Waals surface area contributed by atoms with Crippen LogP contribution in [0.25, 0.3) is 0 Å². The molecule has 136 valence electrons. The minimum atomic E-state index is -1.05. The molecule has 1 aliphatic heterocycles. The Balaban J connectivity index is 2.38. The molecule has 0 aromatic rings. The van der Waals surface area contributed by atoms with Crippen LogP contribution in [-0.4, -0.2) is 73.4 Å². The Hall–Kier alpha value is -0.890. The van der Waals surface area contributed by atoms with E-state index in [1.54, 1.807) is 20.8 Å². The van der Waals surface area contributed by atoms with Crippen LogP contribution in [0.1, 0.15) is 34.6 Å². The summed E-state index contributed by atoms with van der Waals surface area (Å²) >= 11 is 0. The van der Waals surface area contributed by atoms with Crippen molar-refractivity contribution in [1.29, 1.82) is 0 Å². The number of hydrogen-bond acceptors (Lipinski definition) is 6. The van der Waals surface area contributed by atoms with Crippen LogP contribution in [0.3, 0.4) is 0 Å². The van der Waals surface area contributed by atoms with Gasteiger partial charge in [-0.25, -0.2) is 4.79 Å². The fourth-order valence-corrected chi connectivity index (χ4v) is 2.35. The zero-order valence-corrected chi connectivity index (χ0v) is 15.1. The molecule has 1 saturated heterocycles. The Morgan fingerprint density at radius 2 is 1.91 bits per heavy atom. The monoisotopic (exact) mass is 331 g/mol. The highest BCUT2D eigenvalue weighted by atomic mass is 16.6. The van der Waals surface area contributed by atoms with Gasteiger partial charge in [-0.3, -0.25) is 4.90 Å². The van der Waals surface area contributed by atoms with Gasteiger partial charge in [0.1, 0.15) is 5.60 Å². The summed E-state index contributed by atoms with van der Waals surface area (Å²) in [5.74, 6) is 0.0247. The van der Waals surface area contributed by atoms with Crippen LogP contribution in [-0.2, 0) is 9.47 Å². The number of carbonyl (C=O) groups excluding carboxylic acids is 1. The average molecular weight is 331 g/mol. The lowest BCUT2D eigenvalue weighted by Crippen LogP contribution is -2.50. The molecule has 0 spiro atoms. The molecule has 7 nitrogen and oxygen atoms in total. The predicted molar refractivity (Wildman–Crippen MR) is 89.3 cm³/mol. The van der Waals surface area contributed by atoms with E-state index < -0.39 is 24.0 Å². The second kappa shape index (κ2) is 9.42. The SMILES string of the molecule is CC(C)[C@H](NC(=O)OC(C)(C)C)C(O)OCCN1CCNCC1. The van der Waals surface area contributed by atoms with Crippen LogP contribution in [0.2, 0.25) is 0 Å². The van der Waals surface area contributed by atoms with Gasteiger partial charge < -0.3 is 25.2 Å². The van der Waals surface area contributed by atoms with Crippen molar-refractivity contribution in [2.24, 2.45) is 5.92 Å². The molecule has 0 bridgehead atoms. The van der Waals surface area contributed by atoms with E-state index in [9.17, 15) is 9.90 Å². The van der Waals surface area contributed by atoms with Crippen LogP contribution < -0.4 is 10.6 Å². The molecule has 0 aliphatic carbocycles. The Morgan fingerprint density at radius 3 is 2.43 bits per heavy atom. The van der Waals surface area contributed by atoms with Crippen molar-refractivity contribution in [2.75, 3.05) is 39.3 Å². The normalized spacial score (nSPS) is 19.4. The van der Waals surface area contributed by atoms with Gasteiger partial charge in [0.25, 0.3) is 0 Å². The molecule has 1 unspecified atom stereocenters. The molecule has 0 radical (unpaired) electrons. The molecule has 2 atom stereocenters. The summed E-state index contributed by atoms with van der Waals surface area (Å²) in [6.07, 6.45) is -1.59. The van der Waals surface area contributed by atoms with E-state index in [0.717, 1.165) is 32.7 Å². The van der Waals surface area contributed by atoms with Crippen molar-refractivity contribution in [2.45, 2.75) is 52.6 Å². The summed E-state index contributed by atoms with van der Waals surface area (Å²) in [5, 5.41) is 16.2. The number of aliphatic hydroxyl groups is 1. The minimum Gasteiger partial charge on any atom is -0.444 e. The van der Waals surface area contributed by atoms with Crippen LogP contribution in [0.4, 0.5) is 4.79 Å². The standard InChI is InChI=1S/C16H33N3O4/c1-12(2)13(18-15(21)23-16(3,4)5)14(20)22-11-10-19-8-6-17-7-9-19/h12-14,17,20H,6-11H2,1-5H3,(H,18,21)/t13-,14?/m0/s1. The van der Waals surface area contributed by atoms with Gasteiger partial charge in [0.05, 0.1) is 12.6 Å². The summed E-state index contributed by atoms with van der Waals surface area (Å²) in [4.78, 5) is 14.2. The van der Waals surface area contributed by atoms with Crippen molar-refractivity contribution in [1.82, 2.24) is 15.5 Å². The first kappa shape index (κ1) is 20.2. The van der Waals surface area contributed by atoms with Gasteiger partial charge in [0.15, 0.2) is 6.29 Å². The van der Waals surface area contributed by atoms with Crippen molar-refractivity contribution in [3.05, 3.63) is 0 Å². The molecule has 1 fully saturated rings. The molecular weight excluding hydrogens is 298 g/mol. The number of amides is 1. The lowest BCUT2D eigenvalue weighted by atomic mass is 10.0. The topological polar surface area (TPSA) is 83.1 Å². The largest absolute Gasteiger partial charge is 0.444 e. The van der Waals surface area contributed by atoms with E-state index in [4.69, 9.17) is 9.47 Å². The molecule has 0 aromatic carbocycles. The van der Waals surface area contributed by atoms with Gasteiger partial charge in [-0.1, -0.05) is 13.8 Å². The van der Waals surface area contributed by atoms with Gasteiger partial charge >= 0.3 is 6.09 Å². The zero-order valence-electron chi connectivity index (χ0n) is 15.1. The minimum absolute atomic E-state index is 0.0247. The molecular formula is C16H33N3O4. The Bertz CT molecular complexity index is 352. The lowest BCUT2D eigenvalue weighted by molar-refractivity contribution is -0.130. The lowest BCUT2D eigenvalue weighted by Gasteiger charge is -2.30. The van der Waals surface area contributed by atoms with Crippen LogP contribution in [0.5, 0.6) is 0 Å². The van der Waals surface area contributed by atoms with Crippen molar-refractivity contribution < 1.29 is 19.4 Å². The van der Waals surface area contributed by atoms with Gasteiger partial charge in [-0.05, 0) is 26.7 Å². The second-order valence-corrected chi connectivity index (χ2v) is 7.27. The number of hydrogen-bond donors (Lipinski definition) is 3. The maximum absolute atomic E-state index is 11.9. The third kappa shape index (κ3) is 8.50. The molecule has 0 aromatic heterocycles. The number of nitrogens with zero attached hydrogens (tertiary/aromatic N) is 1. The van der Waals surface area contributed by atoms with E-state index in [2.05, 4.69) is 15.5 Å². The molecule has 3 N–H and O–H groups in total. The van der Waals surface area contributed by atoms with Crippen LogP contribution >= 0.6 is 0 Å². The highest BCUT2D eigenvalue weighted by Crippen LogP contribution is 2.11. The third-order valence-electron chi connectivity index (χ3n) is 3.61. The molecule has 7 heteroatoms. The Morgan fingerprint density at radius 1 is 1.30 bits per heavy atom. The maximum Gasteiger partial charge on any atom is 0.408 e. The maximum atomic E-state index is 11.9. The molecule has 0 saturated carbocycles. The molecule has 1 aliphatic rings. The van der Waals surface area contributed by atoms with E-state index in [1.165, 1.54) is 0 Å². The van der Waals surface area contributed by atoms with Crippen molar-refractivity contribution >= 4 is 6.09 Å². The number of rotatable bonds is 7. The number of ether oxygens (including phenoxy) is 2. The quantitative estimate of drug-likeness (QED) is 0.598. The first-order valence-electron chi connectivity index (χ1n) is 8.41. The first-order valence-corrected chi connectivity index (χ1v) is 8.41. The fourth-order valence-electron chi connectivity index (χ4n) is 2.35. The first-order chi connectivity index (χ1) is 10.7. The van der Waals surface area contributed by atoms with Crippen molar-refractivity contribution in [3.8, 4) is 0 Å². The van der Waals surface area contributed by atoms with E-state index in [-0.39, 0.29) is 5.92 Å². The Labute approximate surface area is 139 Å². The highest BCUT2D eigenvalue weighted by molar-refractivity contribution is 5.68. The number of nitrogens with one attached hydrogen (secondary N) is 2. The van der Waals surface area contributed by atoms with Crippen LogP contribution in [0, 0.1) is 5.92 Å². The van der Waals surface area contributed by atoms with Gasteiger partial charge in [-0.15, -0.1) is 0 Å². The summed E-state index contributed by atoms with van der Waals surface area (Å²) in [6, 6.07) is -0.507. The number of aliphatic hydroxyl groups excluding tert-OH is 1. The second-order valence-electron chi connectivity index (χ2n) is 7.27. The number of piperazine rings is 1. The average Bonchev–Trinajstić information content (AvgIpc) is 2.43. The summed E-state index contributed by atoms with van der Waals surface area (Å²) in [6.45, 7) is 14.4. The molecule has 1 rings (SSSR count). The molecule has 23 heavy (non-hydrogen) atoms. The summed E-state index contributed by atoms with van der Waals surface area (Å²) in [7, 11) is 0. The van der Waals surface area contributed by atoms with E-state index in [0.29, 0.717) is 6.61 Å². The predicted octanol–water partition coefficient (Wildman–Crippen LogP) is 0.776. The zero-order chi connectivity index (χ0) is 17.5. The molecule has 1 amide bonds. The molecule has 1 heterocycles. The summed E-state index contributed by atoms with van der Waals surface area (Å²) < 4.78 is 10.8. The van der Waals surface area contributed by atoms with Crippen LogP contribution in [0.15, 0.2) is 0 Å². The van der Waals surface area contributed by atoms with Crippen molar-refractivity contribution in [3.63, 3.8) is 0 Å². The Kier molecular flexibility index (Phi) is 8.25. The van der Waals surface area contributed by atoms with Gasteiger partial charge in [0.2, 0.25) is 0 Å². The summed E-state index contributed by atoms with van der Waals surface area (Å²) in [5.41, 5.74) is -0.570. The highest BCUT2D eigenvalue weighted by Gasteiger charge is 2.27.